The monoisotopic (exact) mass is 287 g/mol. The number of aryl methyl sites for hydroxylation is 2. The normalized spacial score (nSPS) is 11.4. The van der Waals surface area contributed by atoms with Crippen LogP contribution in [0, 0.1) is 6.92 Å². The van der Waals surface area contributed by atoms with Crippen molar-refractivity contribution in [2.75, 3.05) is 5.32 Å². The summed E-state index contributed by atoms with van der Waals surface area (Å²) in [6, 6.07) is 4.06. The first-order valence-corrected chi connectivity index (χ1v) is 5.66. The number of hydrogen-bond donors (Lipinski definition) is 1. The third-order valence-electron chi connectivity index (χ3n) is 2.42. The zero-order valence-electron chi connectivity index (χ0n) is 10.8. The molecule has 0 unspecified atom stereocenters. The number of anilines is 1. The minimum Gasteiger partial charge on any atom is -0.406 e. The van der Waals surface area contributed by atoms with Crippen LogP contribution in [0.15, 0.2) is 18.2 Å². The minimum atomic E-state index is -4.69. The van der Waals surface area contributed by atoms with Crippen LogP contribution in [0.2, 0.25) is 0 Å². The Hall–Kier alpha value is -2.32. The van der Waals surface area contributed by atoms with Crippen LogP contribution in [0.3, 0.4) is 0 Å². The third-order valence-corrected chi connectivity index (χ3v) is 2.42. The van der Waals surface area contributed by atoms with Crippen LogP contribution in [-0.2, 0) is 13.6 Å². The quantitative estimate of drug-likeness (QED) is 0.932. The number of aromatic nitrogens is 4. The molecule has 0 saturated carbocycles. The van der Waals surface area contributed by atoms with Crippen LogP contribution in [-0.4, -0.2) is 26.6 Å². The molecule has 2 aromatic rings. The maximum atomic E-state index is 12.1. The van der Waals surface area contributed by atoms with Crippen LogP contribution in [0.1, 0.15) is 11.4 Å². The van der Waals surface area contributed by atoms with E-state index in [0.29, 0.717) is 23.6 Å². The van der Waals surface area contributed by atoms with E-state index in [4.69, 9.17) is 0 Å². The van der Waals surface area contributed by atoms with Crippen molar-refractivity contribution in [2.24, 2.45) is 7.05 Å². The van der Waals surface area contributed by atoms with E-state index in [-0.39, 0.29) is 5.75 Å². The molecule has 0 amide bonds. The summed E-state index contributed by atoms with van der Waals surface area (Å²) in [7, 11) is 1.64. The van der Waals surface area contributed by atoms with Gasteiger partial charge in [0, 0.05) is 5.69 Å². The maximum absolute atomic E-state index is 12.1. The van der Waals surface area contributed by atoms with Gasteiger partial charge in [-0.05, 0) is 35.9 Å². The van der Waals surface area contributed by atoms with E-state index >= 15 is 0 Å². The van der Waals surface area contributed by atoms with Crippen LogP contribution < -0.4 is 10.1 Å². The molecule has 1 aromatic heterocycles. The summed E-state index contributed by atoms with van der Waals surface area (Å²) < 4.78 is 40.1. The molecule has 108 valence electrons. The number of alkyl halides is 3. The van der Waals surface area contributed by atoms with Gasteiger partial charge in [0.15, 0.2) is 5.82 Å². The smallest absolute Gasteiger partial charge is 0.406 e. The SMILES string of the molecule is Cc1cc(OC(F)(F)F)ccc1NCc1nnn(C)n1. The van der Waals surface area contributed by atoms with Crippen LogP contribution in [0.4, 0.5) is 18.9 Å². The summed E-state index contributed by atoms with van der Waals surface area (Å²) in [5.74, 6) is 0.237. The van der Waals surface area contributed by atoms with Gasteiger partial charge >= 0.3 is 6.36 Å². The second kappa shape index (κ2) is 5.35. The predicted octanol–water partition coefficient (Wildman–Crippen LogP) is 2.03. The van der Waals surface area contributed by atoms with Crippen molar-refractivity contribution in [1.82, 2.24) is 20.2 Å². The molecule has 1 N–H and O–H groups in total. The van der Waals surface area contributed by atoms with E-state index in [9.17, 15) is 13.2 Å². The summed E-state index contributed by atoms with van der Waals surface area (Å²) in [5.41, 5.74) is 1.29. The summed E-state index contributed by atoms with van der Waals surface area (Å²) in [4.78, 5) is 1.32. The lowest BCUT2D eigenvalue weighted by Gasteiger charge is -2.12. The Kier molecular flexibility index (Phi) is 3.77. The molecule has 0 atom stereocenters. The second-order valence-electron chi connectivity index (χ2n) is 4.07. The molecule has 9 heteroatoms. The van der Waals surface area contributed by atoms with Gasteiger partial charge < -0.3 is 10.1 Å². The van der Waals surface area contributed by atoms with Gasteiger partial charge in [-0.25, -0.2) is 0 Å². The highest BCUT2D eigenvalue weighted by molar-refractivity contribution is 5.53. The third kappa shape index (κ3) is 3.84. The summed E-state index contributed by atoms with van der Waals surface area (Å²) in [6.45, 7) is 2.00. The van der Waals surface area contributed by atoms with E-state index in [1.807, 2.05) is 0 Å². The van der Waals surface area contributed by atoms with Crippen molar-refractivity contribution in [3.05, 3.63) is 29.6 Å². The molecule has 2 rings (SSSR count). The molecule has 1 aromatic carbocycles. The molecular weight excluding hydrogens is 275 g/mol. The van der Waals surface area contributed by atoms with Crippen molar-refractivity contribution in [1.29, 1.82) is 0 Å². The number of halogens is 3. The summed E-state index contributed by atoms with van der Waals surface area (Å²) >= 11 is 0. The van der Waals surface area contributed by atoms with Gasteiger partial charge in [0.05, 0.1) is 13.6 Å². The van der Waals surface area contributed by atoms with E-state index in [1.165, 1.54) is 23.0 Å². The Labute approximate surface area is 112 Å². The molecule has 0 spiro atoms. The predicted molar refractivity (Wildman–Crippen MR) is 64.0 cm³/mol. The molecule has 0 aliphatic heterocycles. The lowest BCUT2D eigenvalue weighted by Crippen LogP contribution is -2.17. The number of nitrogens with zero attached hydrogens (tertiary/aromatic N) is 4. The minimum absolute atomic E-state index is 0.252. The van der Waals surface area contributed by atoms with Crippen molar-refractivity contribution in [2.45, 2.75) is 19.8 Å². The van der Waals surface area contributed by atoms with Gasteiger partial charge in [0.2, 0.25) is 0 Å². The van der Waals surface area contributed by atoms with Crippen LogP contribution in [0.5, 0.6) is 5.75 Å². The van der Waals surface area contributed by atoms with Crippen molar-refractivity contribution in [3.8, 4) is 5.75 Å². The Balaban J connectivity index is 2.02. The summed E-state index contributed by atoms with van der Waals surface area (Å²) in [5, 5.41) is 14.5. The number of tetrazole rings is 1. The first-order valence-electron chi connectivity index (χ1n) is 5.66. The second-order valence-corrected chi connectivity index (χ2v) is 4.07. The Morgan fingerprint density at radius 2 is 2.10 bits per heavy atom. The number of nitrogens with one attached hydrogen (secondary N) is 1. The lowest BCUT2D eigenvalue weighted by atomic mass is 10.2. The van der Waals surface area contributed by atoms with Crippen LogP contribution >= 0.6 is 0 Å². The lowest BCUT2D eigenvalue weighted by molar-refractivity contribution is -0.274. The molecule has 1 heterocycles. The summed E-state index contributed by atoms with van der Waals surface area (Å²) in [6.07, 6.45) is -4.69. The number of hydrogen-bond acceptors (Lipinski definition) is 5. The zero-order valence-corrected chi connectivity index (χ0v) is 10.8. The highest BCUT2D eigenvalue weighted by atomic mass is 19.4. The van der Waals surface area contributed by atoms with Gasteiger partial charge in [-0.3, -0.25) is 0 Å². The Morgan fingerprint density at radius 1 is 1.35 bits per heavy atom. The first-order chi connectivity index (χ1) is 9.33. The highest BCUT2D eigenvalue weighted by Gasteiger charge is 2.31. The fourth-order valence-electron chi connectivity index (χ4n) is 1.60. The molecule has 6 nitrogen and oxygen atoms in total. The van der Waals surface area contributed by atoms with Gasteiger partial charge in [-0.15, -0.1) is 23.4 Å². The van der Waals surface area contributed by atoms with E-state index in [0.717, 1.165) is 0 Å². The standard InChI is InChI=1S/C11H12F3N5O/c1-7-5-8(20-11(12,13)14)3-4-9(7)15-6-10-16-18-19(2)17-10/h3-5,15H,6H2,1-2H3. The van der Waals surface area contributed by atoms with E-state index in [1.54, 1.807) is 14.0 Å². The largest absolute Gasteiger partial charge is 0.573 e. The Morgan fingerprint density at radius 3 is 2.65 bits per heavy atom. The van der Waals surface area contributed by atoms with Crippen LogP contribution in [0.25, 0.3) is 0 Å². The molecule has 0 bridgehead atoms. The zero-order chi connectivity index (χ0) is 14.8. The molecule has 0 aliphatic rings. The average molecular weight is 287 g/mol. The fourth-order valence-corrected chi connectivity index (χ4v) is 1.60. The van der Waals surface area contributed by atoms with Crippen molar-refractivity contribution < 1.29 is 17.9 Å². The Bertz CT molecular complexity index is 596. The van der Waals surface area contributed by atoms with E-state index in [2.05, 4.69) is 25.5 Å². The van der Waals surface area contributed by atoms with E-state index < -0.39 is 6.36 Å². The highest BCUT2D eigenvalue weighted by Crippen LogP contribution is 2.26. The maximum Gasteiger partial charge on any atom is 0.573 e. The van der Waals surface area contributed by atoms with Gasteiger partial charge in [-0.1, -0.05) is 0 Å². The molecule has 0 saturated heterocycles. The average Bonchev–Trinajstić information content (AvgIpc) is 2.72. The van der Waals surface area contributed by atoms with Crippen molar-refractivity contribution in [3.63, 3.8) is 0 Å². The fraction of sp³-hybridized carbons (Fsp3) is 0.364. The number of benzene rings is 1. The van der Waals surface area contributed by atoms with Gasteiger partial charge in [0.1, 0.15) is 5.75 Å². The molecule has 0 aliphatic carbocycles. The van der Waals surface area contributed by atoms with Crippen molar-refractivity contribution >= 4 is 5.69 Å². The molecular formula is C11H12F3N5O. The number of rotatable bonds is 4. The topological polar surface area (TPSA) is 64.9 Å². The molecule has 20 heavy (non-hydrogen) atoms. The molecule has 0 fully saturated rings. The first kappa shape index (κ1) is 14.1. The number of ether oxygens (including phenoxy) is 1. The van der Waals surface area contributed by atoms with Gasteiger partial charge in [-0.2, -0.15) is 4.80 Å². The van der Waals surface area contributed by atoms with Gasteiger partial charge in [0.25, 0.3) is 0 Å². The molecule has 0 radical (unpaired) electrons.